The first kappa shape index (κ1) is 16.4. The average Bonchev–Trinajstić information content (AvgIpc) is 3.29. The molecule has 0 spiro atoms. The summed E-state index contributed by atoms with van der Waals surface area (Å²) in [4.78, 5) is 4.67. The largest absolute Gasteiger partial charge is 0.378 e. The van der Waals surface area contributed by atoms with Crippen molar-refractivity contribution >= 4 is 11.3 Å². The maximum atomic E-state index is 4.67. The van der Waals surface area contributed by atoms with Gasteiger partial charge in [0.2, 0.25) is 0 Å². The molecule has 1 N–H and O–H groups in total. The number of pyridine rings is 1. The fourth-order valence-electron chi connectivity index (χ4n) is 3.00. The Labute approximate surface area is 153 Å². The third kappa shape index (κ3) is 3.20. The van der Waals surface area contributed by atoms with Crippen molar-refractivity contribution in [3.05, 3.63) is 72.8 Å². The van der Waals surface area contributed by atoms with E-state index >= 15 is 0 Å². The summed E-state index contributed by atoms with van der Waals surface area (Å²) in [7, 11) is 0. The second-order valence-electron chi connectivity index (χ2n) is 6.88. The van der Waals surface area contributed by atoms with Crippen molar-refractivity contribution in [3.8, 4) is 11.3 Å². The molecule has 132 valence electrons. The summed E-state index contributed by atoms with van der Waals surface area (Å²) in [6.07, 6.45) is 8.11. The van der Waals surface area contributed by atoms with E-state index in [1.807, 2.05) is 39.7 Å². The lowest BCUT2D eigenvalue weighted by Gasteiger charge is -2.14. The van der Waals surface area contributed by atoms with Crippen molar-refractivity contribution in [1.29, 1.82) is 0 Å². The Morgan fingerprint density at radius 2 is 1.77 bits per heavy atom. The zero-order valence-electron chi connectivity index (χ0n) is 15.3. The molecule has 0 aliphatic carbocycles. The summed E-state index contributed by atoms with van der Waals surface area (Å²) in [6.45, 7) is 6.41. The quantitative estimate of drug-likeness (QED) is 0.556. The van der Waals surface area contributed by atoms with E-state index in [1.54, 1.807) is 0 Å². The molecule has 0 saturated heterocycles. The molecule has 0 bridgehead atoms. The van der Waals surface area contributed by atoms with Crippen LogP contribution in [0.15, 0.2) is 67.3 Å². The Balaban J connectivity index is 1.50. The van der Waals surface area contributed by atoms with Crippen LogP contribution in [-0.2, 0) is 0 Å². The molecule has 0 fully saturated rings. The highest BCUT2D eigenvalue weighted by atomic mass is 15.3. The molecule has 3 heterocycles. The standard InChI is InChI=1S/C21H23N5/c1-15(2)26-13-18(12-22-26)16(3)23-19-9-7-17(8-10-19)20-14-25-11-5-4-6-21(25)24-20/h4-16,23H,1-3H3. The number of aromatic nitrogens is 4. The molecular weight excluding hydrogens is 322 g/mol. The highest BCUT2D eigenvalue weighted by Crippen LogP contribution is 2.24. The van der Waals surface area contributed by atoms with Crippen LogP contribution in [0.3, 0.4) is 0 Å². The number of hydrogen-bond acceptors (Lipinski definition) is 3. The molecule has 0 radical (unpaired) electrons. The third-order valence-corrected chi connectivity index (χ3v) is 4.58. The number of rotatable bonds is 5. The smallest absolute Gasteiger partial charge is 0.137 e. The maximum absolute atomic E-state index is 4.67. The first-order valence-electron chi connectivity index (χ1n) is 8.95. The van der Waals surface area contributed by atoms with E-state index in [2.05, 4.69) is 72.8 Å². The van der Waals surface area contributed by atoms with Crippen molar-refractivity contribution in [2.75, 3.05) is 5.32 Å². The SMILES string of the molecule is CC(Nc1ccc(-c2cn3ccccc3n2)cc1)c1cnn(C(C)C)c1. The molecule has 0 aliphatic rings. The molecule has 5 nitrogen and oxygen atoms in total. The zero-order valence-corrected chi connectivity index (χ0v) is 15.3. The summed E-state index contributed by atoms with van der Waals surface area (Å²) in [5.41, 5.74) is 5.32. The molecule has 0 aliphatic heterocycles. The van der Waals surface area contributed by atoms with Crippen molar-refractivity contribution in [1.82, 2.24) is 19.2 Å². The fraction of sp³-hybridized carbons (Fsp3) is 0.238. The molecule has 1 unspecified atom stereocenters. The number of benzene rings is 1. The van der Waals surface area contributed by atoms with Gasteiger partial charge in [0.1, 0.15) is 5.65 Å². The van der Waals surface area contributed by atoms with Crippen molar-refractivity contribution in [3.63, 3.8) is 0 Å². The minimum atomic E-state index is 0.198. The number of imidazole rings is 1. The van der Waals surface area contributed by atoms with Gasteiger partial charge in [0.25, 0.3) is 0 Å². The number of nitrogens with zero attached hydrogens (tertiary/aromatic N) is 4. The van der Waals surface area contributed by atoms with Gasteiger partial charge in [-0.1, -0.05) is 18.2 Å². The van der Waals surface area contributed by atoms with Crippen LogP contribution < -0.4 is 5.32 Å². The fourth-order valence-corrected chi connectivity index (χ4v) is 3.00. The van der Waals surface area contributed by atoms with Gasteiger partial charge in [0, 0.05) is 41.4 Å². The molecule has 4 rings (SSSR count). The van der Waals surface area contributed by atoms with E-state index in [9.17, 15) is 0 Å². The van der Waals surface area contributed by atoms with Crippen LogP contribution in [0.25, 0.3) is 16.9 Å². The van der Waals surface area contributed by atoms with E-state index in [4.69, 9.17) is 0 Å². The van der Waals surface area contributed by atoms with Gasteiger partial charge in [-0.3, -0.25) is 4.68 Å². The summed E-state index contributed by atoms with van der Waals surface area (Å²) in [5.74, 6) is 0. The minimum absolute atomic E-state index is 0.198. The molecule has 5 heteroatoms. The van der Waals surface area contributed by atoms with Crippen LogP contribution in [0.1, 0.15) is 38.4 Å². The summed E-state index contributed by atoms with van der Waals surface area (Å²) in [5, 5.41) is 7.96. The molecular formula is C21H23N5. The predicted octanol–water partition coefficient (Wildman–Crippen LogP) is 4.95. The average molecular weight is 345 g/mol. The molecule has 0 saturated carbocycles. The summed E-state index contributed by atoms with van der Waals surface area (Å²) in [6, 6.07) is 15.0. The van der Waals surface area contributed by atoms with Crippen molar-refractivity contribution < 1.29 is 0 Å². The van der Waals surface area contributed by atoms with E-state index in [0.717, 1.165) is 22.6 Å². The Morgan fingerprint density at radius 1 is 0.962 bits per heavy atom. The molecule has 1 aromatic carbocycles. The van der Waals surface area contributed by atoms with Crippen molar-refractivity contribution in [2.45, 2.75) is 32.9 Å². The van der Waals surface area contributed by atoms with Gasteiger partial charge in [-0.15, -0.1) is 0 Å². The van der Waals surface area contributed by atoms with Gasteiger partial charge < -0.3 is 9.72 Å². The lowest BCUT2D eigenvalue weighted by molar-refractivity contribution is 0.532. The second-order valence-corrected chi connectivity index (χ2v) is 6.88. The predicted molar refractivity (Wildman–Crippen MR) is 105 cm³/mol. The molecule has 3 aromatic heterocycles. The number of anilines is 1. The number of fused-ring (bicyclic) bond motifs is 1. The maximum Gasteiger partial charge on any atom is 0.137 e. The Hall–Kier alpha value is -3.08. The van der Waals surface area contributed by atoms with Gasteiger partial charge in [-0.25, -0.2) is 4.98 Å². The van der Waals surface area contributed by atoms with Gasteiger partial charge in [0.15, 0.2) is 0 Å². The Bertz CT molecular complexity index is 977. The van der Waals surface area contributed by atoms with Gasteiger partial charge >= 0.3 is 0 Å². The Kier molecular flexibility index (Phi) is 4.21. The monoisotopic (exact) mass is 345 g/mol. The molecule has 4 aromatic rings. The molecule has 1 atom stereocenters. The van der Waals surface area contributed by atoms with E-state index in [-0.39, 0.29) is 6.04 Å². The lowest BCUT2D eigenvalue weighted by atomic mass is 10.1. The first-order chi connectivity index (χ1) is 12.6. The van der Waals surface area contributed by atoms with Crippen LogP contribution in [-0.4, -0.2) is 19.2 Å². The summed E-state index contributed by atoms with van der Waals surface area (Å²) >= 11 is 0. The van der Waals surface area contributed by atoms with Gasteiger partial charge in [0.05, 0.1) is 17.9 Å². The van der Waals surface area contributed by atoms with E-state index < -0.39 is 0 Å². The lowest BCUT2D eigenvalue weighted by Crippen LogP contribution is -2.06. The third-order valence-electron chi connectivity index (χ3n) is 4.58. The zero-order chi connectivity index (χ0) is 18.1. The highest BCUT2D eigenvalue weighted by molar-refractivity contribution is 5.65. The number of hydrogen-bond donors (Lipinski definition) is 1. The highest BCUT2D eigenvalue weighted by Gasteiger charge is 2.10. The molecule has 26 heavy (non-hydrogen) atoms. The Morgan fingerprint density at radius 3 is 2.46 bits per heavy atom. The second kappa shape index (κ2) is 6.67. The topological polar surface area (TPSA) is 47.1 Å². The molecule has 0 amide bonds. The first-order valence-corrected chi connectivity index (χ1v) is 8.95. The van der Waals surface area contributed by atoms with Crippen LogP contribution in [0.5, 0.6) is 0 Å². The number of nitrogens with one attached hydrogen (secondary N) is 1. The van der Waals surface area contributed by atoms with Crippen LogP contribution >= 0.6 is 0 Å². The van der Waals surface area contributed by atoms with Gasteiger partial charge in [-0.05, 0) is 45.0 Å². The van der Waals surface area contributed by atoms with Crippen LogP contribution in [0, 0.1) is 0 Å². The van der Waals surface area contributed by atoms with E-state index in [0.29, 0.717) is 6.04 Å². The van der Waals surface area contributed by atoms with Crippen LogP contribution in [0.2, 0.25) is 0 Å². The summed E-state index contributed by atoms with van der Waals surface area (Å²) < 4.78 is 4.02. The minimum Gasteiger partial charge on any atom is -0.378 e. The van der Waals surface area contributed by atoms with E-state index in [1.165, 1.54) is 5.56 Å². The van der Waals surface area contributed by atoms with Gasteiger partial charge in [-0.2, -0.15) is 5.10 Å². The normalized spacial score (nSPS) is 12.6. The van der Waals surface area contributed by atoms with Crippen LogP contribution in [0.4, 0.5) is 5.69 Å². The van der Waals surface area contributed by atoms with Crippen molar-refractivity contribution in [2.24, 2.45) is 0 Å².